The van der Waals surface area contributed by atoms with Crippen LogP contribution in [0.4, 0.5) is 10.2 Å². The number of fused-ring (bicyclic) bond motifs is 1. The summed E-state index contributed by atoms with van der Waals surface area (Å²) >= 11 is 7.70. The molecule has 3 heterocycles. The molecule has 8 heteroatoms. The van der Waals surface area contributed by atoms with Crippen LogP contribution in [0.15, 0.2) is 0 Å². The van der Waals surface area contributed by atoms with Crippen molar-refractivity contribution in [3.8, 4) is 0 Å². The highest BCUT2D eigenvalue weighted by Gasteiger charge is 2.34. The monoisotopic (exact) mass is 411 g/mol. The number of aromatic nitrogens is 3. The molecule has 1 aliphatic carbocycles. The highest BCUT2D eigenvalue weighted by atomic mass is 35.5. The van der Waals surface area contributed by atoms with Gasteiger partial charge in [-0.1, -0.05) is 18.3 Å². The van der Waals surface area contributed by atoms with Gasteiger partial charge in [0.2, 0.25) is 5.28 Å². The van der Waals surface area contributed by atoms with Gasteiger partial charge in [-0.2, -0.15) is 4.98 Å². The fraction of sp³-hybridized carbons (Fsp3) is 0.737. The van der Waals surface area contributed by atoms with Crippen LogP contribution in [0.2, 0.25) is 5.28 Å². The maximum Gasteiger partial charge on any atom is 0.225 e. The number of piperidine rings is 1. The molecule has 0 amide bonds. The maximum atomic E-state index is 14.0. The number of hydrogen-bond donors (Lipinski definition) is 1. The highest BCUT2D eigenvalue weighted by molar-refractivity contribution is 7.18. The number of alkyl halides is 1. The normalized spacial score (nSPS) is 26.4. The first-order valence-electron chi connectivity index (χ1n) is 9.96. The Hall–Kier alpha value is -1.05. The molecule has 2 aromatic rings. The molecule has 2 aliphatic rings. The second-order valence-corrected chi connectivity index (χ2v) is 9.46. The summed E-state index contributed by atoms with van der Waals surface area (Å²) in [7, 11) is 0. The van der Waals surface area contributed by atoms with E-state index in [0.717, 1.165) is 66.4 Å². The minimum Gasteiger partial charge on any atom is -0.365 e. The molecule has 0 radical (unpaired) electrons. The summed E-state index contributed by atoms with van der Waals surface area (Å²) in [6.45, 7) is 5.60. The van der Waals surface area contributed by atoms with Crippen molar-refractivity contribution in [2.24, 2.45) is 0 Å². The summed E-state index contributed by atoms with van der Waals surface area (Å²) in [5.74, 6) is 0.760. The molecule has 0 atom stereocenters. The van der Waals surface area contributed by atoms with Crippen molar-refractivity contribution in [1.29, 1.82) is 0 Å². The lowest BCUT2D eigenvalue weighted by molar-refractivity contribution is 0.0401. The van der Waals surface area contributed by atoms with Crippen LogP contribution in [0.25, 0.3) is 10.3 Å². The van der Waals surface area contributed by atoms with E-state index < -0.39 is 5.67 Å². The molecule has 1 saturated carbocycles. The Morgan fingerprint density at radius 3 is 2.56 bits per heavy atom. The van der Waals surface area contributed by atoms with Gasteiger partial charge in [0.25, 0.3) is 0 Å². The number of rotatable bonds is 4. The van der Waals surface area contributed by atoms with E-state index in [1.54, 1.807) is 18.3 Å². The largest absolute Gasteiger partial charge is 0.365 e. The van der Waals surface area contributed by atoms with E-state index in [0.29, 0.717) is 24.9 Å². The number of likely N-dealkylation sites (tertiary alicyclic amines) is 1. The number of nitrogens with zero attached hydrogens (tertiary/aromatic N) is 4. The van der Waals surface area contributed by atoms with Gasteiger partial charge in [-0.25, -0.2) is 14.4 Å². The first-order valence-corrected chi connectivity index (χ1v) is 11.2. The van der Waals surface area contributed by atoms with E-state index in [1.165, 1.54) is 0 Å². The molecule has 5 nitrogen and oxygen atoms in total. The van der Waals surface area contributed by atoms with Gasteiger partial charge in [-0.15, -0.1) is 0 Å². The van der Waals surface area contributed by atoms with E-state index >= 15 is 0 Å². The van der Waals surface area contributed by atoms with Gasteiger partial charge in [0.15, 0.2) is 10.6 Å². The minimum atomic E-state index is -0.974. The van der Waals surface area contributed by atoms with Crippen molar-refractivity contribution < 1.29 is 4.39 Å². The standard InChI is InChI=1S/C19H27ClFN5S/c1-3-14-23-15-16(24-18(20)25-17(15)27-14)22-12-4-6-13(7-5-12)26-10-8-19(2,21)9-11-26/h12-13H,3-11H2,1-2H3,(H,22,24,25)/t12-,13+. The van der Waals surface area contributed by atoms with Crippen LogP contribution in [-0.4, -0.2) is 50.7 Å². The number of nitrogens with one attached hydrogen (secondary N) is 1. The number of anilines is 1. The molecule has 1 saturated heterocycles. The molecule has 4 rings (SSSR count). The fourth-order valence-electron chi connectivity index (χ4n) is 4.23. The first-order chi connectivity index (χ1) is 12.9. The van der Waals surface area contributed by atoms with E-state index in [-0.39, 0.29) is 5.28 Å². The number of aryl methyl sites for hydroxylation is 1. The van der Waals surface area contributed by atoms with Gasteiger partial charge >= 0.3 is 0 Å². The van der Waals surface area contributed by atoms with Crippen molar-refractivity contribution >= 4 is 39.1 Å². The predicted octanol–water partition coefficient (Wildman–Crippen LogP) is 4.85. The second-order valence-electron chi connectivity index (χ2n) is 8.06. The van der Waals surface area contributed by atoms with Crippen LogP contribution in [0.5, 0.6) is 0 Å². The number of thiazole rings is 1. The Morgan fingerprint density at radius 1 is 1.19 bits per heavy atom. The van der Waals surface area contributed by atoms with Crippen LogP contribution in [0.3, 0.4) is 0 Å². The van der Waals surface area contributed by atoms with Crippen LogP contribution in [0.1, 0.15) is 57.4 Å². The lowest BCUT2D eigenvalue weighted by Gasteiger charge is -2.42. The molecule has 27 heavy (non-hydrogen) atoms. The van der Waals surface area contributed by atoms with E-state index in [2.05, 4.69) is 32.1 Å². The van der Waals surface area contributed by atoms with Crippen LogP contribution in [0, 0.1) is 0 Å². The minimum absolute atomic E-state index is 0.271. The first kappa shape index (κ1) is 19.3. The predicted molar refractivity (Wildman–Crippen MR) is 110 cm³/mol. The van der Waals surface area contributed by atoms with Crippen molar-refractivity contribution in [3.05, 3.63) is 10.3 Å². The topological polar surface area (TPSA) is 53.9 Å². The Bertz CT molecular complexity index is 793. The molecule has 1 aliphatic heterocycles. The molecule has 1 N–H and O–H groups in total. The molecule has 2 fully saturated rings. The second kappa shape index (κ2) is 7.76. The zero-order valence-electron chi connectivity index (χ0n) is 16.0. The summed E-state index contributed by atoms with van der Waals surface area (Å²) in [5, 5.41) is 4.89. The Labute approximate surface area is 168 Å². The van der Waals surface area contributed by atoms with Crippen molar-refractivity contribution in [2.45, 2.75) is 76.5 Å². The third-order valence-electron chi connectivity index (χ3n) is 5.97. The maximum absolute atomic E-state index is 14.0. The molecule has 0 bridgehead atoms. The van der Waals surface area contributed by atoms with Crippen molar-refractivity contribution in [1.82, 2.24) is 19.9 Å². The molecule has 0 aromatic carbocycles. The van der Waals surface area contributed by atoms with Gasteiger partial charge in [-0.05, 0) is 63.5 Å². The number of hydrogen-bond acceptors (Lipinski definition) is 6. The lowest BCUT2D eigenvalue weighted by Crippen LogP contribution is -2.47. The average molecular weight is 412 g/mol. The zero-order valence-corrected chi connectivity index (χ0v) is 17.5. The van der Waals surface area contributed by atoms with E-state index in [9.17, 15) is 4.39 Å². The Balaban J connectivity index is 1.38. The van der Waals surface area contributed by atoms with Gasteiger partial charge in [-0.3, -0.25) is 0 Å². The van der Waals surface area contributed by atoms with Crippen LogP contribution in [-0.2, 0) is 6.42 Å². The zero-order chi connectivity index (χ0) is 19.0. The van der Waals surface area contributed by atoms with E-state index in [1.807, 2.05) is 0 Å². The molecular weight excluding hydrogens is 385 g/mol. The fourth-order valence-corrected chi connectivity index (χ4v) is 5.32. The molecule has 2 aromatic heterocycles. The molecule has 0 unspecified atom stereocenters. The summed E-state index contributed by atoms with van der Waals surface area (Å²) in [6, 6.07) is 0.956. The molecular formula is C19H27ClFN5S. The van der Waals surface area contributed by atoms with Gasteiger partial charge in [0.05, 0.1) is 5.01 Å². The molecule has 0 spiro atoms. The van der Waals surface area contributed by atoms with Gasteiger partial charge < -0.3 is 10.2 Å². The SMILES string of the molecule is CCc1nc2c(N[C@H]3CC[C@@H](N4CCC(C)(F)CC4)CC3)nc(Cl)nc2s1. The Kier molecular flexibility index (Phi) is 5.54. The van der Waals surface area contributed by atoms with Crippen molar-refractivity contribution in [2.75, 3.05) is 18.4 Å². The smallest absolute Gasteiger partial charge is 0.225 e. The van der Waals surface area contributed by atoms with Crippen LogP contribution >= 0.6 is 22.9 Å². The summed E-state index contributed by atoms with van der Waals surface area (Å²) in [4.78, 5) is 16.7. The Morgan fingerprint density at radius 2 is 1.89 bits per heavy atom. The highest BCUT2D eigenvalue weighted by Crippen LogP contribution is 2.33. The summed E-state index contributed by atoms with van der Waals surface area (Å²) in [5.41, 5.74) is -0.140. The third kappa shape index (κ3) is 4.35. The van der Waals surface area contributed by atoms with Crippen LogP contribution < -0.4 is 5.32 Å². The van der Waals surface area contributed by atoms with Gasteiger partial charge in [0.1, 0.15) is 11.2 Å². The quantitative estimate of drug-likeness (QED) is 0.729. The summed E-state index contributed by atoms with van der Waals surface area (Å²) < 4.78 is 14.0. The molecule has 148 valence electrons. The average Bonchev–Trinajstić information content (AvgIpc) is 3.06. The lowest BCUT2D eigenvalue weighted by atomic mass is 9.87. The van der Waals surface area contributed by atoms with E-state index in [4.69, 9.17) is 11.6 Å². The number of halogens is 2. The van der Waals surface area contributed by atoms with Crippen molar-refractivity contribution in [3.63, 3.8) is 0 Å². The summed E-state index contributed by atoms with van der Waals surface area (Å²) in [6.07, 6.45) is 6.65. The van der Waals surface area contributed by atoms with Gasteiger partial charge in [0, 0.05) is 25.2 Å². The third-order valence-corrected chi connectivity index (χ3v) is 7.24.